The number of aliphatic imine (C=N–C) groups is 1. The third-order valence-electron chi connectivity index (χ3n) is 3.79. The number of nitrogens with one attached hydrogen (secondary N) is 1. The molecule has 1 unspecified atom stereocenters. The number of hydrogen-bond acceptors (Lipinski definition) is 3. The van der Waals surface area contributed by atoms with E-state index in [-0.39, 0.29) is 0 Å². The van der Waals surface area contributed by atoms with E-state index in [0.29, 0.717) is 23.5 Å². The fourth-order valence-corrected chi connectivity index (χ4v) is 3.82. The highest BCUT2D eigenvalue weighted by molar-refractivity contribution is 8.00. The Kier molecular flexibility index (Phi) is 6.43. The van der Waals surface area contributed by atoms with Crippen molar-refractivity contribution < 1.29 is 5.11 Å². The molecule has 1 heterocycles. The van der Waals surface area contributed by atoms with Crippen LogP contribution in [0.5, 0.6) is 5.75 Å². The van der Waals surface area contributed by atoms with Crippen molar-refractivity contribution >= 4 is 17.7 Å². The van der Waals surface area contributed by atoms with E-state index < -0.39 is 0 Å². The fourth-order valence-electron chi connectivity index (χ4n) is 2.52. The zero-order chi connectivity index (χ0) is 15.9. The average Bonchev–Trinajstić information content (AvgIpc) is 2.51. The van der Waals surface area contributed by atoms with Gasteiger partial charge >= 0.3 is 0 Å². The maximum Gasteiger partial charge on any atom is 0.194 e. The molecule has 1 aliphatic heterocycles. The standard InChI is InChI=1S/C17H27N3OS/c1-4-18-17(19-11-14-6-5-7-15(21)10-14)20-8-9-22-16(12-20)13(2)3/h5-7,10,13,16,21H,4,8-9,11-12H2,1-3H3,(H,18,19). The number of guanidine groups is 1. The van der Waals surface area contributed by atoms with Crippen LogP contribution in [-0.4, -0.2) is 46.6 Å². The van der Waals surface area contributed by atoms with E-state index in [0.717, 1.165) is 36.9 Å². The number of hydrogen-bond donors (Lipinski definition) is 2. The minimum Gasteiger partial charge on any atom is -0.508 e. The lowest BCUT2D eigenvalue weighted by atomic mass is 10.1. The maximum atomic E-state index is 9.55. The number of phenolic OH excluding ortho intramolecular Hbond substituents is 1. The van der Waals surface area contributed by atoms with Crippen LogP contribution in [-0.2, 0) is 6.54 Å². The summed E-state index contributed by atoms with van der Waals surface area (Å²) in [5.41, 5.74) is 1.03. The van der Waals surface area contributed by atoms with Crippen LogP contribution in [0.25, 0.3) is 0 Å². The monoisotopic (exact) mass is 321 g/mol. The first kappa shape index (κ1) is 17.0. The molecule has 2 N–H and O–H groups in total. The lowest BCUT2D eigenvalue weighted by Gasteiger charge is -2.36. The van der Waals surface area contributed by atoms with E-state index in [2.05, 4.69) is 42.7 Å². The summed E-state index contributed by atoms with van der Waals surface area (Å²) in [6.07, 6.45) is 0. The van der Waals surface area contributed by atoms with Crippen LogP contribution in [0.4, 0.5) is 0 Å². The highest BCUT2D eigenvalue weighted by atomic mass is 32.2. The number of thioether (sulfide) groups is 1. The largest absolute Gasteiger partial charge is 0.508 e. The van der Waals surface area contributed by atoms with Crippen molar-refractivity contribution in [2.24, 2.45) is 10.9 Å². The van der Waals surface area contributed by atoms with Crippen molar-refractivity contribution in [1.82, 2.24) is 10.2 Å². The third kappa shape index (κ3) is 4.83. The van der Waals surface area contributed by atoms with Crippen LogP contribution in [0.2, 0.25) is 0 Å². The molecule has 0 saturated carbocycles. The lowest BCUT2D eigenvalue weighted by Crippen LogP contribution is -2.49. The Balaban J connectivity index is 2.06. The van der Waals surface area contributed by atoms with Crippen LogP contribution in [0.3, 0.4) is 0 Å². The van der Waals surface area contributed by atoms with Crippen LogP contribution >= 0.6 is 11.8 Å². The highest BCUT2D eigenvalue weighted by Gasteiger charge is 2.24. The van der Waals surface area contributed by atoms with Gasteiger partial charge < -0.3 is 15.3 Å². The van der Waals surface area contributed by atoms with Crippen molar-refractivity contribution in [2.45, 2.75) is 32.6 Å². The number of nitrogens with zero attached hydrogens (tertiary/aromatic N) is 2. The lowest BCUT2D eigenvalue weighted by molar-refractivity contribution is 0.381. The molecule has 0 aliphatic carbocycles. The number of phenols is 1. The Morgan fingerprint density at radius 2 is 2.32 bits per heavy atom. The molecule has 1 aliphatic rings. The molecule has 0 bridgehead atoms. The van der Waals surface area contributed by atoms with Gasteiger partial charge in [-0.2, -0.15) is 11.8 Å². The molecule has 0 aromatic heterocycles. The van der Waals surface area contributed by atoms with E-state index in [1.165, 1.54) is 0 Å². The van der Waals surface area contributed by atoms with Gasteiger partial charge in [-0.15, -0.1) is 0 Å². The molecule has 1 fully saturated rings. The van der Waals surface area contributed by atoms with Crippen molar-refractivity contribution in [3.8, 4) is 5.75 Å². The molecule has 1 saturated heterocycles. The summed E-state index contributed by atoms with van der Waals surface area (Å²) in [5, 5.41) is 13.6. The molecule has 1 aromatic rings. The van der Waals surface area contributed by atoms with Crippen LogP contribution in [0, 0.1) is 5.92 Å². The molecule has 122 valence electrons. The summed E-state index contributed by atoms with van der Waals surface area (Å²) in [5.74, 6) is 3.12. The summed E-state index contributed by atoms with van der Waals surface area (Å²) < 4.78 is 0. The second kappa shape index (κ2) is 8.32. The molecule has 1 atom stereocenters. The van der Waals surface area contributed by atoms with Crippen molar-refractivity contribution in [1.29, 1.82) is 0 Å². The molecule has 0 radical (unpaired) electrons. The molecular weight excluding hydrogens is 294 g/mol. The Morgan fingerprint density at radius 1 is 1.50 bits per heavy atom. The normalized spacial score (nSPS) is 19.5. The van der Waals surface area contributed by atoms with Gasteiger partial charge in [0.05, 0.1) is 6.54 Å². The zero-order valence-electron chi connectivity index (χ0n) is 13.7. The van der Waals surface area contributed by atoms with Gasteiger partial charge in [-0.3, -0.25) is 0 Å². The van der Waals surface area contributed by atoms with E-state index >= 15 is 0 Å². The SMILES string of the molecule is CCNC(=NCc1cccc(O)c1)N1CCSC(C(C)C)C1. The average molecular weight is 321 g/mol. The predicted molar refractivity (Wildman–Crippen MR) is 95.6 cm³/mol. The minimum absolute atomic E-state index is 0.298. The van der Waals surface area contributed by atoms with Crippen molar-refractivity contribution in [3.63, 3.8) is 0 Å². The molecule has 0 amide bonds. The van der Waals surface area contributed by atoms with Gasteiger partial charge in [0.2, 0.25) is 0 Å². The van der Waals surface area contributed by atoms with Gasteiger partial charge in [-0.1, -0.05) is 26.0 Å². The summed E-state index contributed by atoms with van der Waals surface area (Å²) in [7, 11) is 0. The first-order valence-corrected chi connectivity index (χ1v) is 9.07. The van der Waals surface area contributed by atoms with Crippen molar-refractivity contribution in [3.05, 3.63) is 29.8 Å². The fraction of sp³-hybridized carbons (Fsp3) is 0.588. The van der Waals surface area contributed by atoms with Gasteiger partial charge in [0, 0.05) is 30.6 Å². The second-order valence-electron chi connectivity index (χ2n) is 5.94. The topological polar surface area (TPSA) is 47.9 Å². The van der Waals surface area contributed by atoms with Gasteiger partial charge in [0.1, 0.15) is 5.75 Å². The van der Waals surface area contributed by atoms with Crippen LogP contribution in [0.15, 0.2) is 29.3 Å². The summed E-state index contributed by atoms with van der Waals surface area (Å²) in [6.45, 7) is 10.2. The quantitative estimate of drug-likeness (QED) is 0.661. The molecule has 5 heteroatoms. The van der Waals surface area contributed by atoms with E-state index in [4.69, 9.17) is 4.99 Å². The number of aromatic hydroxyl groups is 1. The van der Waals surface area contributed by atoms with Gasteiger partial charge in [0.15, 0.2) is 5.96 Å². The zero-order valence-corrected chi connectivity index (χ0v) is 14.6. The molecule has 2 rings (SSSR count). The molecule has 0 spiro atoms. The second-order valence-corrected chi connectivity index (χ2v) is 7.29. The Bertz CT molecular complexity index is 504. The summed E-state index contributed by atoms with van der Waals surface area (Å²) >= 11 is 2.07. The van der Waals surface area contributed by atoms with Gasteiger partial charge in [-0.05, 0) is 30.5 Å². The third-order valence-corrected chi connectivity index (χ3v) is 5.33. The maximum absolute atomic E-state index is 9.55. The molecule has 1 aromatic carbocycles. The highest BCUT2D eigenvalue weighted by Crippen LogP contribution is 2.25. The van der Waals surface area contributed by atoms with Crippen LogP contribution < -0.4 is 5.32 Å². The van der Waals surface area contributed by atoms with E-state index in [9.17, 15) is 5.11 Å². The first-order valence-electron chi connectivity index (χ1n) is 8.03. The number of benzene rings is 1. The smallest absolute Gasteiger partial charge is 0.194 e. The minimum atomic E-state index is 0.298. The number of rotatable bonds is 4. The molecular formula is C17H27N3OS. The summed E-state index contributed by atoms with van der Waals surface area (Å²) in [4.78, 5) is 7.12. The predicted octanol–water partition coefficient (Wildman–Crippen LogP) is 2.93. The van der Waals surface area contributed by atoms with Gasteiger partial charge in [-0.25, -0.2) is 4.99 Å². The Hall–Kier alpha value is -1.36. The van der Waals surface area contributed by atoms with Crippen molar-refractivity contribution in [2.75, 3.05) is 25.4 Å². The Labute approximate surface area is 138 Å². The first-order chi connectivity index (χ1) is 10.6. The van der Waals surface area contributed by atoms with Gasteiger partial charge in [0.25, 0.3) is 0 Å². The van der Waals surface area contributed by atoms with E-state index in [1.807, 2.05) is 12.1 Å². The Morgan fingerprint density at radius 3 is 3.00 bits per heavy atom. The molecule has 22 heavy (non-hydrogen) atoms. The van der Waals surface area contributed by atoms with E-state index in [1.54, 1.807) is 12.1 Å². The molecule has 4 nitrogen and oxygen atoms in total. The summed E-state index contributed by atoms with van der Waals surface area (Å²) in [6, 6.07) is 7.32. The van der Waals surface area contributed by atoms with Crippen LogP contribution in [0.1, 0.15) is 26.3 Å².